The second-order valence-corrected chi connectivity index (χ2v) is 6.55. The highest BCUT2D eigenvalue weighted by Gasteiger charge is 2.29. The summed E-state index contributed by atoms with van der Waals surface area (Å²) >= 11 is 0. The first-order valence-electron chi connectivity index (χ1n) is 5.55. The number of hydrogen-bond acceptors (Lipinski definition) is 5. The number of carbonyl (C=O) groups excluding carboxylic acids is 1. The van der Waals surface area contributed by atoms with Crippen molar-refractivity contribution in [2.75, 3.05) is 24.6 Å². The fourth-order valence-corrected chi connectivity index (χ4v) is 2.94. The van der Waals surface area contributed by atoms with E-state index < -0.39 is 33.2 Å². The number of carbonyl (C=O) groups is 2. The third-order valence-electron chi connectivity index (χ3n) is 2.46. The Balaban J connectivity index is 2.62. The van der Waals surface area contributed by atoms with E-state index >= 15 is 0 Å². The molecule has 0 aromatic heterocycles. The maximum atomic E-state index is 11.8. The molecule has 18 heavy (non-hydrogen) atoms. The van der Waals surface area contributed by atoms with Gasteiger partial charge in [-0.3, -0.25) is 9.59 Å². The highest BCUT2D eigenvalue weighted by atomic mass is 32.2. The van der Waals surface area contributed by atoms with Gasteiger partial charge in [0.1, 0.15) is 11.5 Å². The highest BCUT2D eigenvalue weighted by molar-refractivity contribution is 7.92. The molecule has 0 saturated carbocycles. The van der Waals surface area contributed by atoms with Crippen molar-refractivity contribution in [1.29, 1.82) is 0 Å². The second kappa shape index (κ2) is 5.66. The molecule has 1 N–H and O–H groups in total. The zero-order valence-corrected chi connectivity index (χ0v) is 11.1. The summed E-state index contributed by atoms with van der Waals surface area (Å²) in [4.78, 5) is 23.5. The maximum absolute atomic E-state index is 11.8. The Kier molecular flexibility index (Phi) is 4.69. The van der Waals surface area contributed by atoms with Gasteiger partial charge in [-0.2, -0.15) is 0 Å². The summed E-state index contributed by atoms with van der Waals surface area (Å²) in [5.41, 5.74) is 0. The summed E-state index contributed by atoms with van der Waals surface area (Å²) < 4.78 is 28.2. The number of rotatable bonds is 4. The van der Waals surface area contributed by atoms with Gasteiger partial charge in [0.2, 0.25) is 5.91 Å². The van der Waals surface area contributed by atoms with E-state index in [1.165, 1.54) is 4.90 Å². The molecule has 1 saturated heterocycles. The minimum absolute atomic E-state index is 0.153. The smallest absolute Gasteiger partial charge is 0.318 e. The number of carboxylic acid groups (broad SMARTS) is 1. The first-order chi connectivity index (χ1) is 8.19. The number of nitrogens with zero attached hydrogens (tertiary/aromatic N) is 1. The molecule has 0 bridgehead atoms. The van der Waals surface area contributed by atoms with E-state index in [4.69, 9.17) is 9.84 Å². The van der Waals surface area contributed by atoms with Gasteiger partial charge in [0.25, 0.3) is 0 Å². The van der Waals surface area contributed by atoms with Gasteiger partial charge in [0.15, 0.2) is 9.84 Å². The first kappa shape index (κ1) is 14.9. The lowest BCUT2D eigenvalue weighted by Crippen LogP contribution is -2.50. The number of hydrogen-bond donors (Lipinski definition) is 1. The lowest BCUT2D eigenvalue weighted by Gasteiger charge is -2.35. The monoisotopic (exact) mass is 279 g/mol. The topological polar surface area (TPSA) is 101 Å². The van der Waals surface area contributed by atoms with Gasteiger partial charge in [0, 0.05) is 13.1 Å². The molecule has 1 aliphatic heterocycles. The van der Waals surface area contributed by atoms with Crippen LogP contribution in [0.25, 0.3) is 0 Å². The summed E-state index contributed by atoms with van der Waals surface area (Å²) in [6.07, 6.45) is -0.306. The van der Waals surface area contributed by atoms with E-state index in [0.717, 1.165) is 0 Å². The summed E-state index contributed by atoms with van der Waals surface area (Å²) in [5.74, 6) is -3.81. The van der Waals surface area contributed by atoms with Crippen molar-refractivity contribution in [2.45, 2.75) is 26.1 Å². The summed E-state index contributed by atoms with van der Waals surface area (Å²) in [7, 11) is -3.90. The van der Waals surface area contributed by atoms with Gasteiger partial charge >= 0.3 is 5.97 Å². The van der Waals surface area contributed by atoms with E-state index in [0.29, 0.717) is 13.1 Å². The molecule has 1 heterocycles. The maximum Gasteiger partial charge on any atom is 0.318 e. The average molecular weight is 279 g/mol. The molecule has 8 heteroatoms. The lowest BCUT2D eigenvalue weighted by molar-refractivity contribution is -0.140. The number of aliphatic carboxylic acids is 1. The van der Waals surface area contributed by atoms with E-state index in [2.05, 4.69) is 0 Å². The van der Waals surface area contributed by atoms with Crippen molar-refractivity contribution >= 4 is 21.7 Å². The molecule has 1 fully saturated rings. The standard InChI is InChI=1S/C10H17NO6S/c1-7-3-11(4-8(2)17-7)9(12)5-18(15,16)6-10(13)14/h7-8H,3-6H2,1-2H3,(H,13,14). The van der Waals surface area contributed by atoms with E-state index in [1.807, 2.05) is 0 Å². The van der Waals surface area contributed by atoms with Gasteiger partial charge in [-0.15, -0.1) is 0 Å². The Hall–Kier alpha value is -1.15. The van der Waals surface area contributed by atoms with Crippen molar-refractivity contribution < 1.29 is 27.9 Å². The number of amides is 1. The number of carboxylic acids is 1. The minimum atomic E-state index is -3.90. The van der Waals surface area contributed by atoms with Crippen molar-refractivity contribution in [3.05, 3.63) is 0 Å². The fourth-order valence-electron chi connectivity index (χ4n) is 1.90. The van der Waals surface area contributed by atoms with Crippen LogP contribution in [0.15, 0.2) is 0 Å². The van der Waals surface area contributed by atoms with Crippen LogP contribution < -0.4 is 0 Å². The molecule has 1 amide bonds. The normalized spacial score (nSPS) is 24.9. The number of ether oxygens (including phenoxy) is 1. The van der Waals surface area contributed by atoms with Crippen LogP contribution in [-0.4, -0.2) is 67.1 Å². The molecule has 7 nitrogen and oxygen atoms in total. The molecule has 0 aromatic rings. The molecule has 104 valence electrons. The zero-order chi connectivity index (χ0) is 13.9. The minimum Gasteiger partial charge on any atom is -0.480 e. The van der Waals surface area contributed by atoms with Crippen LogP contribution in [0.3, 0.4) is 0 Å². The van der Waals surface area contributed by atoms with E-state index in [-0.39, 0.29) is 12.2 Å². The van der Waals surface area contributed by atoms with Crippen LogP contribution >= 0.6 is 0 Å². The second-order valence-electron chi connectivity index (χ2n) is 4.48. The molecule has 1 aliphatic rings. The van der Waals surface area contributed by atoms with Crippen molar-refractivity contribution in [2.24, 2.45) is 0 Å². The summed E-state index contributed by atoms with van der Waals surface area (Å²) in [6.45, 7) is 4.24. The third kappa shape index (κ3) is 4.61. The van der Waals surface area contributed by atoms with Crippen molar-refractivity contribution in [3.63, 3.8) is 0 Å². The Morgan fingerprint density at radius 2 is 1.72 bits per heavy atom. The molecule has 0 aromatic carbocycles. The SMILES string of the molecule is CC1CN(C(=O)CS(=O)(=O)CC(=O)O)CC(C)O1. The molecule has 2 atom stereocenters. The Morgan fingerprint density at radius 1 is 1.22 bits per heavy atom. The highest BCUT2D eigenvalue weighted by Crippen LogP contribution is 2.11. The van der Waals surface area contributed by atoms with Gasteiger partial charge in [0.05, 0.1) is 12.2 Å². The molecule has 0 spiro atoms. The average Bonchev–Trinajstić information content (AvgIpc) is 2.12. The fraction of sp³-hybridized carbons (Fsp3) is 0.800. The van der Waals surface area contributed by atoms with Gasteiger partial charge in [-0.05, 0) is 13.8 Å². The van der Waals surface area contributed by atoms with Crippen LogP contribution in [-0.2, 0) is 24.2 Å². The summed E-state index contributed by atoms with van der Waals surface area (Å²) in [5, 5.41) is 8.43. The summed E-state index contributed by atoms with van der Waals surface area (Å²) in [6, 6.07) is 0. The molecular weight excluding hydrogens is 262 g/mol. The van der Waals surface area contributed by atoms with Crippen molar-refractivity contribution in [3.8, 4) is 0 Å². The van der Waals surface area contributed by atoms with Crippen LogP contribution in [0.2, 0.25) is 0 Å². The predicted octanol–water partition coefficient (Wildman–Crippen LogP) is -0.878. The van der Waals surface area contributed by atoms with E-state index in [1.54, 1.807) is 13.8 Å². The largest absolute Gasteiger partial charge is 0.480 e. The van der Waals surface area contributed by atoms with Crippen LogP contribution in [0.1, 0.15) is 13.8 Å². The third-order valence-corrected chi connectivity index (χ3v) is 3.83. The Bertz CT molecular complexity index is 422. The van der Waals surface area contributed by atoms with E-state index in [9.17, 15) is 18.0 Å². The zero-order valence-electron chi connectivity index (χ0n) is 10.3. The molecule has 0 aliphatic carbocycles. The number of sulfone groups is 1. The lowest BCUT2D eigenvalue weighted by atomic mass is 10.2. The number of morpholine rings is 1. The Morgan fingerprint density at radius 3 is 2.17 bits per heavy atom. The van der Waals surface area contributed by atoms with Crippen LogP contribution in [0, 0.1) is 0 Å². The molecule has 1 rings (SSSR count). The molecule has 2 unspecified atom stereocenters. The quantitative estimate of drug-likeness (QED) is 0.717. The Labute approximate surface area is 106 Å². The molecule has 0 radical (unpaired) electrons. The first-order valence-corrected chi connectivity index (χ1v) is 7.37. The van der Waals surface area contributed by atoms with Gasteiger partial charge < -0.3 is 14.7 Å². The van der Waals surface area contributed by atoms with Crippen molar-refractivity contribution in [1.82, 2.24) is 4.90 Å². The van der Waals surface area contributed by atoms with Crippen LogP contribution in [0.4, 0.5) is 0 Å². The van der Waals surface area contributed by atoms with Gasteiger partial charge in [-0.25, -0.2) is 8.42 Å². The molecular formula is C10H17NO6S. The van der Waals surface area contributed by atoms with Crippen LogP contribution in [0.5, 0.6) is 0 Å². The van der Waals surface area contributed by atoms with Gasteiger partial charge in [-0.1, -0.05) is 0 Å². The predicted molar refractivity (Wildman–Crippen MR) is 62.9 cm³/mol.